The van der Waals surface area contributed by atoms with Crippen LogP contribution in [0.25, 0.3) is 22.4 Å². The molecule has 1 amide bonds. The third-order valence-corrected chi connectivity index (χ3v) is 6.62. The van der Waals surface area contributed by atoms with Gasteiger partial charge in [-0.05, 0) is 40.8 Å². The summed E-state index contributed by atoms with van der Waals surface area (Å²) in [6.07, 6.45) is 1.93. The molecule has 3 atom stereocenters. The number of halogens is 1. The Kier molecular flexibility index (Phi) is 3.89. The predicted octanol–water partition coefficient (Wildman–Crippen LogP) is 2.81. The smallest absolute Gasteiger partial charge is 0.217 e. The van der Waals surface area contributed by atoms with Crippen molar-refractivity contribution < 1.29 is 4.79 Å². The Labute approximate surface area is 171 Å². The van der Waals surface area contributed by atoms with Gasteiger partial charge in [0.25, 0.3) is 0 Å². The van der Waals surface area contributed by atoms with Crippen LogP contribution in [0.5, 0.6) is 0 Å². The molecule has 3 aromatic rings. The average Bonchev–Trinajstić information content (AvgIpc) is 2.99. The number of nitrogens with one attached hydrogen (secondary N) is 1. The van der Waals surface area contributed by atoms with Crippen molar-refractivity contribution in [1.82, 2.24) is 19.9 Å². The molecule has 0 radical (unpaired) electrons. The zero-order valence-corrected chi connectivity index (χ0v) is 17.3. The van der Waals surface area contributed by atoms with Crippen molar-refractivity contribution in [3.63, 3.8) is 0 Å². The molecule has 1 aliphatic carbocycles. The van der Waals surface area contributed by atoms with Gasteiger partial charge in [-0.1, -0.05) is 12.1 Å². The normalized spacial score (nSPS) is 23.5. The summed E-state index contributed by atoms with van der Waals surface area (Å²) in [5.41, 5.74) is 3.24. The summed E-state index contributed by atoms with van der Waals surface area (Å²) in [4.78, 5) is 23.1. The Morgan fingerprint density at radius 1 is 1.26 bits per heavy atom. The van der Waals surface area contributed by atoms with Gasteiger partial charge in [-0.2, -0.15) is 0 Å². The molecule has 5 rings (SSSR count). The fourth-order valence-electron chi connectivity index (χ4n) is 4.32. The van der Waals surface area contributed by atoms with E-state index in [1.807, 2.05) is 24.4 Å². The highest BCUT2D eigenvalue weighted by Crippen LogP contribution is 2.46. The van der Waals surface area contributed by atoms with E-state index < -0.39 is 0 Å². The van der Waals surface area contributed by atoms with Gasteiger partial charge in [0.2, 0.25) is 5.91 Å². The first-order valence-electron chi connectivity index (χ1n) is 9.12. The maximum atomic E-state index is 11.3. The number of carbonyl (C=O) groups excluding carboxylic acids is 1. The van der Waals surface area contributed by atoms with Gasteiger partial charge in [0.05, 0.1) is 11.0 Å². The number of aryl methyl sites for hydroxylation is 1. The molecule has 7 heteroatoms. The molecule has 138 valence electrons. The number of imidazole rings is 1. The lowest BCUT2D eigenvalue weighted by molar-refractivity contribution is -0.119. The van der Waals surface area contributed by atoms with Crippen molar-refractivity contribution >= 4 is 45.3 Å². The van der Waals surface area contributed by atoms with Crippen LogP contribution in [0.3, 0.4) is 0 Å². The van der Waals surface area contributed by atoms with Crippen LogP contribution in [-0.2, 0) is 11.8 Å². The molecule has 1 saturated carbocycles. The van der Waals surface area contributed by atoms with E-state index in [-0.39, 0.29) is 5.91 Å². The molecular formula is C20H20IN5O. The highest BCUT2D eigenvalue weighted by Gasteiger charge is 2.56. The Morgan fingerprint density at radius 2 is 2.00 bits per heavy atom. The van der Waals surface area contributed by atoms with Gasteiger partial charge in [-0.3, -0.25) is 4.79 Å². The number of hydrogen-bond donors (Lipinski definition) is 1. The molecule has 6 nitrogen and oxygen atoms in total. The van der Waals surface area contributed by atoms with Gasteiger partial charge >= 0.3 is 0 Å². The lowest BCUT2D eigenvalue weighted by Gasteiger charge is -2.22. The van der Waals surface area contributed by atoms with E-state index in [0.29, 0.717) is 17.9 Å². The number of amides is 1. The molecule has 27 heavy (non-hydrogen) atoms. The molecule has 2 aliphatic rings. The fourth-order valence-corrected chi connectivity index (χ4v) is 4.86. The lowest BCUT2D eigenvalue weighted by Crippen LogP contribution is -2.33. The standard InChI is InChI=1S/C20H20IN5O/c1-11(27)23-19-13-9-26(10-14(13)19)18-7-12(15(21)8-22-18)20-24-16-5-3-4-6-17(16)25(20)2/h3-8,13-14,19H,9-10H2,1-2H3,(H,23,27)/t13-,14+,19?. The summed E-state index contributed by atoms with van der Waals surface area (Å²) >= 11 is 2.33. The van der Waals surface area contributed by atoms with Crippen molar-refractivity contribution in [1.29, 1.82) is 0 Å². The summed E-state index contributed by atoms with van der Waals surface area (Å²) in [6, 6.07) is 10.7. The number of rotatable bonds is 3. The Morgan fingerprint density at radius 3 is 2.70 bits per heavy atom. The zero-order valence-electron chi connectivity index (χ0n) is 15.2. The van der Waals surface area contributed by atoms with Crippen molar-refractivity contribution in [3.05, 3.63) is 40.1 Å². The number of carbonyl (C=O) groups is 1. The minimum absolute atomic E-state index is 0.0671. The van der Waals surface area contributed by atoms with Crippen LogP contribution in [0.4, 0.5) is 5.82 Å². The summed E-state index contributed by atoms with van der Waals surface area (Å²) < 4.78 is 3.24. The van der Waals surface area contributed by atoms with Crippen LogP contribution in [0.1, 0.15) is 6.92 Å². The first-order valence-corrected chi connectivity index (χ1v) is 10.2. The Bertz CT molecular complexity index is 1050. The third kappa shape index (κ3) is 2.79. The van der Waals surface area contributed by atoms with Gasteiger partial charge in [0.1, 0.15) is 11.6 Å². The van der Waals surface area contributed by atoms with E-state index in [2.05, 4.69) is 61.5 Å². The fraction of sp³-hybridized carbons (Fsp3) is 0.350. The number of fused-ring (bicyclic) bond motifs is 2. The van der Waals surface area contributed by atoms with Crippen LogP contribution in [-0.4, -0.2) is 39.6 Å². The molecule has 1 saturated heterocycles. The first kappa shape index (κ1) is 17.0. The van der Waals surface area contributed by atoms with Gasteiger partial charge in [-0.25, -0.2) is 9.97 Å². The number of nitrogens with zero attached hydrogens (tertiary/aromatic N) is 4. The van der Waals surface area contributed by atoms with E-state index >= 15 is 0 Å². The van der Waals surface area contributed by atoms with E-state index in [4.69, 9.17) is 4.98 Å². The van der Waals surface area contributed by atoms with Crippen molar-refractivity contribution in [2.45, 2.75) is 13.0 Å². The molecule has 1 aromatic carbocycles. The minimum Gasteiger partial charge on any atom is -0.356 e. The summed E-state index contributed by atoms with van der Waals surface area (Å²) in [5.74, 6) is 3.12. The summed E-state index contributed by atoms with van der Waals surface area (Å²) in [7, 11) is 2.06. The first-order chi connectivity index (χ1) is 13.0. The van der Waals surface area contributed by atoms with Crippen LogP contribution in [0, 0.1) is 15.4 Å². The topological polar surface area (TPSA) is 63.1 Å². The SMILES string of the molecule is CC(=O)NC1[C@H]2CN(c3cc(-c4nc5ccccc5n4C)c(I)cn3)C[C@@H]12. The second-order valence-corrected chi connectivity index (χ2v) is 8.63. The number of piperidine rings is 1. The van der Waals surface area contributed by atoms with E-state index in [1.54, 1.807) is 6.92 Å². The van der Waals surface area contributed by atoms with E-state index in [1.165, 1.54) is 0 Å². The second kappa shape index (κ2) is 6.19. The molecule has 1 aliphatic heterocycles. The molecule has 3 heterocycles. The lowest BCUT2D eigenvalue weighted by atomic mass is 10.2. The van der Waals surface area contributed by atoms with Crippen LogP contribution in [0.2, 0.25) is 0 Å². The number of pyridine rings is 1. The predicted molar refractivity (Wildman–Crippen MR) is 113 cm³/mol. The minimum atomic E-state index is 0.0671. The number of anilines is 1. The van der Waals surface area contributed by atoms with Crippen LogP contribution >= 0.6 is 22.6 Å². The monoisotopic (exact) mass is 473 g/mol. The molecule has 0 spiro atoms. The zero-order chi connectivity index (χ0) is 18.7. The molecule has 0 bridgehead atoms. The van der Waals surface area contributed by atoms with Crippen LogP contribution < -0.4 is 10.2 Å². The maximum absolute atomic E-state index is 11.3. The molecule has 2 aromatic heterocycles. The molecule has 1 N–H and O–H groups in total. The highest BCUT2D eigenvalue weighted by molar-refractivity contribution is 14.1. The highest BCUT2D eigenvalue weighted by atomic mass is 127. The van der Waals surface area contributed by atoms with E-state index in [9.17, 15) is 4.79 Å². The number of hydrogen-bond acceptors (Lipinski definition) is 4. The average molecular weight is 473 g/mol. The van der Waals surface area contributed by atoms with Crippen LogP contribution in [0.15, 0.2) is 36.5 Å². The van der Waals surface area contributed by atoms with Gasteiger partial charge in [0.15, 0.2) is 0 Å². The largest absolute Gasteiger partial charge is 0.356 e. The Hall–Kier alpha value is -2.16. The number of aromatic nitrogens is 3. The summed E-state index contributed by atoms with van der Waals surface area (Å²) in [5, 5.41) is 3.06. The second-order valence-electron chi connectivity index (χ2n) is 7.46. The van der Waals surface area contributed by atoms with E-state index in [0.717, 1.165) is 44.9 Å². The third-order valence-electron chi connectivity index (χ3n) is 5.76. The van der Waals surface area contributed by atoms with Gasteiger partial charge < -0.3 is 14.8 Å². The number of para-hydroxylation sites is 2. The quantitative estimate of drug-likeness (QED) is 0.595. The Balaban J connectivity index is 1.44. The summed E-state index contributed by atoms with van der Waals surface area (Å²) in [6.45, 7) is 3.49. The molecule has 2 fully saturated rings. The van der Waals surface area contributed by atoms with Gasteiger partial charge in [0, 0.05) is 60.3 Å². The van der Waals surface area contributed by atoms with Gasteiger partial charge in [-0.15, -0.1) is 0 Å². The molecule has 1 unspecified atom stereocenters. The molecular weight excluding hydrogens is 453 g/mol. The number of benzene rings is 1. The van der Waals surface area contributed by atoms with Crippen molar-refractivity contribution in [2.75, 3.05) is 18.0 Å². The van der Waals surface area contributed by atoms with Crippen molar-refractivity contribution in [3.8, 4) is 11.4 Å². The maximum Gasteiger partial charge on any atom is 0.217 e. The van der Waals surface area contributed by atoms with Crippen molar-refractivity contribution in [2.24, 2.45) is 18.9 Å².